The molecule has 1 heterocycles. The number of urea groups is 1. The van der Waals surface area contributed by atoms with Crippen LogP contribution in [0.5, 0.6) is 0 Å². The number of amides is 2. The van der Waals surface area contributed by atoms with Gasteiger partial charge in [0.1, 0.15) is 0 Å². The van der Waals surface area contributed by atoms with Gasteiger partial charge in [0.2, 0.25) is 0 Å². The highest BCUT2D eigenvalue weighted by Crippen LogP contribution is 2.52. The van der Waals surface area contributed by atoms with Crippen molar-refractivity contribution >= 4 is 6.03 Å². The summed E-state index contributed by atoms with van der Waals surface area (Å²) in [4.78, 5) is 18.0. The molecule has 2 amide bonds. The van der Waals surface area contributed by atoms with Crippen molar-refractivity contribution in [3.8, 4) is 0 Å². The normalized spacial score (nSPS) is 23.4. The van der Waals surface area contributed by atoms with Crippen molar-refractivity contribution in [3.63, 3.8) is 0 Å². The Balaban J connectivity index is 1.58. The predicted octanol–water partition coefficient (Wildman–Crippen LogP) is 5.57. The van der Waals surface area contributed by atoms with Gasteiger partial charge in [-0.1, -0.05) is 91.0 Å². The van der Waals surface area contributed by atoms with Gasteiger partial charge in [0.25, 0.3) is 0 Å². The third-order valence-corrected chi connectivity index (χ3v) is 6.57. The summed E-state index contributed by atoms with van der Waals surface area (Å²) in [7, 11) is 0. The average molecular weight is 383 g/mol. The van der Waals surface area contributed by atoms with Crippen molar-refractivity contribution < 1.29 is 4.79 Å². The van der Waals surface area contributed by atoms with E-state index in [1.54, 1.807) is 0 Å². The molecule has 3 nitrogen and oxygen atoms in total. The molecule has 2 fully saturated rings. The molecule has 0 radical (unpaired) electrons. The van der Waals surface area contributed by atoms with Gasteiger partial charge in [-0.2, -0.15) is 0 Å². The molecule has 0 aromatic heterocycles. The number of hydrogen-bond donors (Lipinski definition) is 0. The highest BCUT2D eigenvalue weighted by Gasteiger charge is 2.59. The number of nitrogens with zero attached hydrogens (tertiary/aromatic N) is 2. The first-order valence-corrected chi connectivity index (χ1v) is 10.5. The fourth-order valence-electron chi connectivity index (χ4n) is 5.31. The van der Waals surface area contributed by atoms with Gasteiger partial charge in [-0.3, -0.25) is 0 Å². The van der Waals surface area contributed by atoms with Gasteiger partial charge >= 0.3 is 6.03 Å². The van der Waals surface area contributed by atoms with Crippen LogP contribution in [-0.4, -0.2) is 21.9 Å². The van der Waals surface area contributed by atoms with Crippen LogP contribution in [0.15, 0.2) is 91.0 Å². The van der Waals surface area contributed by atoms with Crippen molar-refractivity contribution in [2.45, 2.75) is 43.9 Å². The largest absolute Gasteiger partial charge is 0.321 e. The predicted molar refractivity (Wildman–Crippen MR) is 115 cm³/mol. The topological polar surface area (TPSA) is 23.6 Å². The first-order valence-electron chi connectivity index (χ1n) is 10.5. The van der Waals surface area contributed by atoms with Crippen molar-refractivity contribution in [1.82, 2.24) is 9.80 Å². The summed E-state index contributed by atoms with van der Waals surface area (Å²) in [5.41, 5.74) is 3.39. The van der Waals surface area contributed by atoms with Crippen LogP contribution >= 0.6 is 0 Å². The van der Waals surface area contributed by atoms with E-state index in [4.69, 9.17) is 0 Å². The van der Waals surface area contributed by atoms with Crippen molar-refractivity contribution in [2.24, 2.45) is 0 Å². The van der Waals surface area contributed by atoms with Crippen molar-refractivity contribution in [1.29, 1.82) is 0 Å². The van der Waals surface area contributed by atoms with E-state index in [2.05, 4.69) is 88.7 Å². The lowest BCUT2D eigenvalue weighted by Crippen LogP contribution is -2.45. The summed E-state index contributed by atoms with van der Waals surface area (Å²) in [6.07, 6.45) is 3.22. The zero-order valence-electron chi connectivity index (χ0n) is 16.6. The first kappa shape index (κ1) is 18.0. The second-order valence-corrected chi connectivity index (χ2v) is 8.17. The number of carbonyl (C=O) groups is 1. The molecule has 2 atom stereocenters. The van der Waals surface area contributed by atoms with Crippen molar-refractivity contribution in [2.75, 3.05) is 0 Å². The number of hydrogen-bond acceptors (Lipinski definition) is 1. The zero-order chi connectivity index (χ0) is 19.7. The van der Waals surface area contributed by atoms with E-state index in [0.717, 1.165) is 19.3 Å². The minimum Gasteiger partial charge on any atom is -0.315 e. The lowest BCUT2D eigenvalue weighted by molar-refractivity contribution is 0.140. The third-order valence-electron chi connectivity index (χ3n) is 6.57. The molecule has 3 heteroatoms. The summed E-state index contributed by atoms with van der Waals surface area (Å²) < 4.78 is 0. The molecular weight excluding hydrogens is 356 g/mol. The smallest absolute Gasteiger partial charge is 0.315 e. The van der Waals surface area contributed by atoms with Gasteiger partial charge < -0.3 is 9.80 Å². The molecule has 3 aromatic carbocycles. The van der Waals surface area contributed by atoms with Crippen LogP contribution in [-0.2, 0) is 18.6 Å². The first-order chi connectivity index (χ1) is 14.3. The molecule has 2 aliphatic rings. The van der Waals surface area contributed by atoms with Crippen LogP contribution in [0, 0.1) is 0 Å². The number of fused-ring (bicyclic) bond motifs is 1. The Morgan fingerprint density at radius 3 is 1.93 bits per heavy atom. The van der Waals surface area contributed by atoms with E-state index in [-0.39, 0.29) is 17.6 Å². The van der Waals surface area contributed by atoms with Crippen LogP contribution in [0.3, 0.4) is 0 Å². The molecule has 0 spiro atoms. The highest BCUT2D eigenvalue weighted by molar-refractivity contribution is 5.80. The average Bonchev–Trinajstić information content (AvgIpc) is 3.30. The van der Waals surface area contributed by atoms with E-state index in [0.29, 0.717) is 13.1 Å². The Labute approximate surface area is 172 Å². The fourth-order valence-corrected chi connectivity index (χ4v) is 5.31. The van der Waals surface area contributed by atoms with Crippen LogP contribution < -0.4 is 0 Å². The Hall–Kier alpha value is -3.07. The molecule has 1 aliphatic carbocycles. The van der Waals surface area contributed by atoms with E-state index < -0.39 is 0 Å². The number of rotatable bonds is 5. The Morgan fingerprint density at radius 2 is 1.31 bits per heavy atom. The van der Waals surface area contributed by atoms with Gasteiger partial charge in [0, 0.05) is 13.1 Å². The Kier molecular flexibility index (Phi) is 4.59. The summed E-state index contributed by atoms with van der Waals surface area (Å²) in [5, 5.41) is 0. The molecule has 29 heavy (non-hydrogen) atoms. The van der Waals surface area contributed by atoms with Crippen LogP contribution in [0.4, 0.5) is 4.79 Å². The van der Waals surface area contributed by atoms with E-state index in [1.807, 2.05) is 12.1 Å². The lowest BCUT2D eigenvalue weighted by atomic mass is 9.84. The number of carbonyl (C=O) groups excluding carboxylic acids is 1. The Bertz CT molecular complexity index is 973. The highest BCUT2D eigenvalue weighted by atomic mass is 16.2. The second kappa shape index (κ2) is 7.40. The minimum atomic E-state index is -0.247. The molecule has 5 rings (SSSR count). The van der Waals surface area contributed by atoms with Crippen LogP contribution in [0.2, 0.25) is 0 Å². The lowest BCUT2D eigenvalue weighted by Gasteiger charge is -2.38. The number of benzene rings is 3. The van der Waals surface area contributed by atoms with Gasteiger partial charge in [-0.15, -0.1) is 0 Å². The monoisotopic (exact) mass is 382 g/mol. The van der Waals surface area contributed by atoms with E-state index in [1.165, 1.54) is 16.7 Å². The van der Waals surface area contributed by atoms with Gasteiger partial charge in [0.05, 0.1) is 11.6 Å². The summed E-state index contributed by atoms with van der Waals surface area (Å²) in [6.45, 7) is 1.32. The summed E-state index contributed by atoms with van der Waals surface area (Å²) in [6, 6.07) is 31.8. The molecule has 1 saturated carbocycles. The summed E-state index contributed by atoms with van der Waals surface area (Å²) in [5.74, 6) is 0. The maximum absolute atomic E-state index is 13.8. The molecule has 146 valence electrons. The quantitative estimate of drug-likeness (QED) is 0.566. The maximum atomic E-state index is 13.8. The zero-order valence-corrected chi connectivity index (χ0v) is 16.6. The second-order valence-electron chi connectivity index (χ2n) is 8.17. The van der Waals surface area contributed by atoms with Gasteiger partial charge in [-0.25, -0.2) is 4.79 Å². The third kappa shape index (κ3) is 3.02. The molecule has 0 bridgehead atoms. The maximum Gasteiger partial charge on any atom is 0.321 e. The molecule has 3 aromatic rings. The van der Waals surface area contributed by atoms with Crippen LogP contribution in [0.1, 0.15) is 36.0 Å². The molecule has 0 N–H and O–H groups in total. The molecular formula is C26H26N2O. The van der Waals surface area contributed by atoms with E-state index in [9.17, 15) is 4.79 Å². The minimum absolute atomic E-state index is 0.159. The molecule has 1 aliphatic heterocycles. The van der Waals surface area contributed by atoms with Crippen molar-refractivity contribution in [3.05, 3.63) is 108 Å². The van der Waals surface area contributed by atoms with Crippen LogP contribution in [0.25, 0.3) is 0 Å². The molecule has 0 unspecified atom stereocenters. The fraction of sp³-hybridized carbons (Fsp3) is 0.269. The standard InChI is InChI=1S/C26H26N2O/c29-25-27(19-21-11-4-1-5-12-21)24-17-10-18-26(24,23-15-8-3-9-16-23)28(25)20-22-13-6-2-7-14-22/h1-9,11-16,24H,10,17-20H2/t24-,26-/m0/s1. The van der Waals surface area contributed by atoms with Gasteiger partial charge in [0.15, 0.2) is 0 Å². The SMILES string of the molecule is O=C1N(Cc2ccccc2)[C@H]2CCC[C@@]2(c2ccccc2)N1Cc1ccccc1. The van der Waals surface area contributed by atoms with Gasteiger partial charge in [-0.05, 0) is 36.0 Å². The van der Waals surface area contributed by atoms with E-state index >= 15 is 0 Å². The molecule has 1 saturated heterocycles. The Morgan fingerprint density at radius 1 is 0.759 bits per heavy atom. The summed E-state index contributed by atoms with van der Waals surface area (Å²) >= 11 is 0.